The van der Waals surface area contributed by atoms with Gasteiger partial charge in [0, 0.05) is 5.39 Å². The number of hydrazone groups is 1. The summed E-state index contributed by atoms with van der Waals surface area (Å²) in [6.45, 7) is 4.47. The number of carbonyl (C=O) groups is 1. The molecule has 7 nitrogen and oxygen atoms in total. The quantitative estimate of drug-likeness (QED) is 0.224. The average molecular weight is 454 g/mol. The molecule has 0 saturated heterocycles. The highest BCUT2D eigenvalue weighted by Gasteiger charge is 2.14. The van der Waals surface area contributed by atoms with Gasteiger partial charge in [0.25, 0.3) is 0 Å². The van der Waals surface area contributed by atoms with Crippen LogP contribution in [-0.2, 0) is 13.0 Å². The topological polar surface area (TPSA) is 82.3 Å². The maximum atomic E-state index is 12.3. The van der Waals surface area contributed by atoms with E-state index in [0.29, 0.717) is 18.6 Å². The molecule has 4 aromatic rings. The normalized spacial score (nSPS) is 12.2. The first kappa shape index (κ1) is 21.3. The molecule has 0 saturated carbocycles. The van der Waals surface area contributed by atoms with E-state index in [4.69, 9.17) is 18.6 Å². The van der Waals surface area contributed by atoms with E-state index >= 15 is 0 Å². The summed E-state index contributed by atoms with van der Waals surface area (Å²) >= 11 is 0. The van der Waals surface area contributed by atoms with Crippen molar-refractivity contribution in [3.8, 4) is 17.2 Å². The van der Waals surface area contributed by atoms with E-state index in [-0.39, 0.29) is 12.6 Å². The van der Waals surface area contributed by atoms with Gasteiger partial charge < -0.3 is 18.6 Å². The number of nitrogens with zero attached hydrogens (tertiary/aromatic N) is 1. The van der Waals surface area contributed by atoms with Gasteiger partial charge in [0.2, 0.25) is 6.79 Å². The summed E-state index contributed by atoms with van der Waals surface area (Å²) in [6, 6.07) is 20.6. The van der Waals surface area contributed by atoms with Crippen LogP contribution in [0.25, 0.3) is 11.0 Å². The number of benzene rings is 3. The molecule has 0 fully saturated rings. The lowest BCUT2D eigenvalue weighted by atomic mass is 10.1. The number of rotatable bonds is 8. The highest BCUT2D eigenvalue weighted by atomic mass is 16.7. The second kappa shape index (κ2) is 9.54. The molecule has 1 aliphatic heterocycles. The number of fused-ring (bicyclic) bond motifs is 2. The molecule has 1 amide bonds. The third-order valence-electron chi connectivity index (χ3n) is 5.31. The fraction of sp³-hybridized carbons (Fsp3) is 0.111. The minimum atomic E-state index is -0.414. The van der Waals surface area contributed by atoms with Crippen LogP contribution >= 0.6 is 0 Å². The minimum Gasteiger partial charge on any atom is -0.489 e. The highest BCUT2D eigenvalue weighted by molar-refractivity contribution is 5.96. The Morgan fingerprint density at radius 1 is 1.06 bits per heavy atom. The van der Waals surface area contributed by atoms with E-state index in [1.54, 1.807) is 12.3 Å². The molecular formula is C27H22N2O5. The number of allylic oxidation sites excluding steroid dienone is 1. The van der Waals surface area contributed by atoms with Gasteiger partial charge in [0.15, 0.2) is 17.3 Å². The standard InChI is InChI=1S/C27H22N2O5/c1-2-5-20-12-18(15-28-29-27(30)26-14-21-6-3-4-7-23(21)34-26)8-10-22(20)31-16-19-9-11-24-25(13-19)33-17-32-24/h2-4,6-15H,1,5,16-17H2,(H,29,30)/b28-15+. The van der Waals surface area contributed by atoms with Crippen molar-refractivity contribution in [2.24, 2.45) is 5.10 Å². The third-order valence-corrected chi connectivity index (χ3v) is 5.31. The lowest BCUT2D eigenvalue weighted by molar-refractivity contribution is 0.0929. The largest absolute Gasteiger partial charge is 0.489 e. The number of hydrogen-bond acceptors (Lipinski definition) is 6. The Kier molecular flexibility index (Phi) is 5.99. The van der Waals surface area contributed by atoms with E-state index < -0.39 is 5.91 Å². The van der Waals surface area contributed by atoms with Crippen molar-refractivity contribution in [2.45, 2.75) is 13.0 Å². The summed E-state index contributed by atoms with van der Waals surface area (Å²) in [4.78, 5) is 12.3. The fourth-order valence-electron chi connectivity index (χ4n) is 3.64. The number of para-hydroxylation sites is 1. The highest BCUT2D eigenvalue weighted by Crippen LogP contribution is 2.33. The van der Waals surface area contributed by atoms with Crippen molar-refractivity contribution >= 4 is 23.1 Å². The van der Waals surface area contributed by atoms with Gasteiger partial charge >= 0.3 is 5.91 Å². The molecule has 1 aromatic heterocycles. The summed E-state index contributed by atoms with van der Waals surface area (Å²) in [6.07, 6.45) is 4.02. The first-order chi connectivity index (χ1) is 16.7. The average Bonchev–Trinajstić information content (AvgIpc) is 3.50. The molecule has 2 heterocycles. The van der Waals surface area contributed by atoms with Gasteiger partial charge in [0.1, 0.15) is 17.9 Å². The van der Waals surface area contributed by atoms with Gasteiger partial charge in [-0.05, 0) is 65.6 Å². The summed E-state index contributed by atoms with van der Waals surface area (Å²) in [7, 11) is 0. The molecule has 0 unspecified atom stereocenters. The van der Waals surface area contributed by atoms with Crippen LogP contribution in [-0.4, -0.2) is 18.9 Å². The van der Waals surface area contributed by atoms with Gasteiger partial charge in [-0.25, -0.2) is 5.43 Å². The van der Waals surface area contributed by atoms with Crippen LogP contribution in [0.1, 0.15) is 27.2 Å². The Hall–Kier alpha value is -4.52. The first-order valence-electron chi connectivity index (χ1n) is 10.8. The molecule has 1 aliphatic rings. The van der Waals surface area contributed by atoms with E-state index in [2.05, 4.69) is 17.1 Å². The van der Waals surface area contributed by atoms with Crippen molar-refractivity contribution in [3.05, 3.63) is 102 Å². The second-order valence-electron chi connectivity index (χ2n) is 7.68. The molecule has 1 N–H and O–H groups in total. The van der Waals surface area contributed by atoms with Crippen molar-refractivity contribution in [2.75, 3.05) is 6.79 Å². The molecule has 0 spiro atoms. The molecule has 0 aliphatic carbocycles. The Morgan fingerprint density at radius 2 is 1.94 bits per heavy atom. The molecule has 34 heavy (non-hydrogen) atoms. The van der Waals surface area contributed by atoms with Crippen LogP contribution in [0.3, 0.4) is 0 Å². The second-order valence-corrected chi connectivity index (χ2v) is 7.68. The predicted molar refractivity (Wildman–Crippen MR) is 129 cm³/mol. The van der Waals surface area contributed by atoms with Gasteiger partial charge in [-0.3, -0.25) is 4.79 Å². The van der Waals surface area contributed by atoms with E-state index in [0.717, 1.165) is 39.3 Å². The van der Waals surface area contributed by atoms with Crippen molar-refractivity contribution in [3.63, 3.8) is 0 Å². The maximum Gasteiger partial charge on any atom is 0.307 e. The van der Waals surface area contributed by atoms with Crippen LogP contribution in [0, 0.1) is 0 Å². The van der Waals surface area contributed by atoms with Crippen LogP contribution in [0.4, 0.5) is 0 Å². The van der Waals surface area contributed by atoms with E-state index in [9.17, 15) is 4.79 Å². The van der Waals surface area contributed by atoms with Crippen molar-refractivity contribution < 1.29 is 23.4 Å². The predicted octanol–water partition coefficient (Wildman–Crippen LogP) is 5.23. The summed E-state index contributed by atoms with van der Waals surface area (Å²) in [5, 5.41) is 4.93. The number of nitrogens with one attached hydrogen (secondary N) is 1. The van der Waals surface area contributed by atoms with E-state index in [1.165, 1.54) is 0 Å². The molecule has 7 heteroatoms. The van der Waals surface area contributed by atoms with Gasteiger partial charge in [-0.15, -0.1) is 6.58 Å². The molecule has 5 rings (SSSR count). The lowest BCUT2D eigenvalue weighted by Crippen LogP contribution is -2.16. The zero-order valence-corrected chi connectivity index (χ0v) is 18.3. The molecule has 0 bridgehead atoms. The SMILES string of the molecule is C=CCc1cc(/C=N/NC(=O)c2cc3ccccc3o2)ccc1OCc1ccc2c(c1)OCO2. The molecule has 3 aromatic carbocycles. The zero-order valence-electron chi connectivity index (χ0n) is 18.3. The maximum absolute atomic E-state index is 12.3. The van der Waals surface area contributed by atoms with Crippen molar-refractivity contribution in [1.29, 1.82) is 0 Å². The minimum absolute atomic E-state index is 0.206. The van der Waals surface area contributed by atoms with E-state index in [1.807, 2.05) is 66.7 Å². The third kappa shape index (κ3) is 4.63. The Bertz CT molecular complexity index is 1360. The molecule has 0 atom stereocenters. The number of ether oxygens (including phenoxy) is 3. The molecule has 0 radical (unpaired) electrons. The smallest absolute Gasteiger partial charge is 0.307 e. The number of hydrogen-bond donors (Lipinski definition) is 1. The van der Waals surface area contributed by atoms with Gasteiger partial charge in [-0.1, -0.05) is 30.3 Å². The Labute approximate surface area is 196 Å². The summed E-state index contributed by atoms with van der Waals surface area (Å²) in [5.74, 6) is 2.01. The van der Waals surface area contributed by atoms with Crippen LogP contribution in [0.5, 0.6) is 17.2 Å². The summed E-state index contributed by atoms with van der Waals surface area (Å²) in [5.41, 5.74) is 5.92. The fourth-order valence-corrected chi connectivity index (χ4v) is 3.64. The Morgan fingerprint density at radius 3 is 2.82 bits per heavy atom. The van der Waals surface area contributed by atoms with Gasteiger partial charge in [-0.2, -0.15) is 5.10 Å². The van der Waals surface area contributed by atoms with Crippen LogP contribution in [0.15, 0.2) is 88.9 Å². The molecular weight excluding hydrogens is 432 g/mol. The number of furan rings is 1. The Balaban J connectivity index is 1.24. The number of carbonyl (C=O) groups excluding carboxylic acids is 1. The summed E-state index contributed by atoms with van der Waals surface area (Å²) < 4.78 is 22.4. The van der Waals surface area contributed by atoms with Crippen molar-refractivity contribution in [1.82, 2.24) is 5.43 Å². The van der Waals surface area contributed by atoms with Crippen LogP contribution < -0.4 is 19.6 Å². The zero-order chi connectivity index (χ0) is 23.3. The number of amides is 1. The van der Waals surface area contributed by atoms with Gasteiger partial charge in [0.05, 0.1) is 6.21 Å². The van der Waals surface area contributed by atoms with Crippen LogP contribution in [0.2, 0.25) is 0 Å². The first-order valence-corrected chi connectivity index (χ1v) is 10.8. The molecule has 170 valence electrons. The monoisotopic (exact) mass is 454 g/mol. The lowest BCUT2D eigenvalue weighted by Gasteiger charge is -2.12.